The minimum absolute atomic E-state index is 0.0394. The van der Waals surface area contributed by atoms with E-state index >= 15 is 0 Å². The van der Waals surface area contributed by atoms with Crippen LogP contribution in [0.5, 0.6) is 5.75 Å². The fourth-order valence-electron chi connectivity index (χ4n) is 2.99. The molecule has 0 spiro atoms. The lowest BCUT2D eigenvalue weighted by molar-refractivity contribution is 0.0637. The number of hydrogen-bond acceptors (Lipinski definition) is 5. The molecule has 138 valence electrons. The molecule has 1 saturated heterocycles. The number of nitrogens with zero attached hydrogens (tertiary/aromatic N) is 3. The molecular weight excluding hydrogens is 352 g/mol. The van der Waals surface area contributed by atoms with E-state index in [0.717, 1.165) is 44.1 Å². The number of halogens is 1. The number of rotatable bonds is 5. The molecule has 1 amide bonds. The van der Waals surface area contributed by atoms with Crippen molar-refractivity contribution in [1.82, 2.24) is 14.8 Å². The lowest BCUT2D eigenvalue weighted by atomic mass is 10.2. The Morgan fingerprint density at radius 2 is 2.00 bits per heavy atom. The van der Waals surface area contributed by atoms with Crippen LogP contribution in [0.15, 0.2) is 36.5 Å². The molecule has 2 heterocycles. The molecule has 1 aromatic heterocycles. The Bertz CT molecular complexity index is 776. The molecule has 2 aromatic rings. The molecule has 1 aromatic carbocycles. The summed E-state index contributed by atoms with van der Waals surface area (Å²) in [5.41, 5.74) is 1.93. The highest BCUT2D eigenvalue weighted by molar-refractivity contribution is 6.31. The van der Waals surface area contributed by atoms with E-state index in [1.165, 1.54) is 0 Å². The van der Waals surface area contributed by atoms with Crippen LogP contribution in [0.4, 0.5) is 11.4 Å². The predicted octanol–water partition coefficient (Wildman–Crippen LogP) is 3.26. The monoisotopic (exact) mass is 374 g/mol. The van der Waals surface area contributed by atoms with Gasteiger partial charge in [-0.05, 0) is 36.9 Å². The zero-order chi connectivity index (χ0) is 18.5. The minimum Gasteiger partial charge on any atom is -0.495 e. The van der Waals surface area contributed by atoms with E-state index in [1.54, 1.807) is 37.6 Å². The van der Waals surface area contributed by atoms with Crippen molar-refractivity contribution < 1.29 is 9.53 Å². The zero-order valence-electron chi connectivity index (χ0n) is 15.0. The maximum atomic E-state index is 12.7. The van der Waals surface area contributed by atoms with Crippen LogP contribution in [0.1, 0.15) is 17.4 Å². The number of carbonyl (C=O) groups is 1. The summed E-state index contributed by atoms with van der Waals surface area (Å²) in [6.45, 7) is 6.42. The molecule has 0 aliphatic carbocycles. The zero-order valence-corrected chi connectivity index (χ0v) is 15.8. The van der Waals surface area contributed by atoms with E-state index in [-0.39, 0.29) is 5.91 Å². The molecule has 7 heteroatoms. The fourth-order valence-corrected chi connectivity index (χ4v) is 3.16. The van der Waals surface area contributed by atoms with Crippen LogP contribution < -0.4 is 10.1 Å². The third-order valence-corrected chi connectivity index (χ3v) is 4.76. The molecule has 1 fully saturated rings. The van der Waals surface area contributed by atoms with Gasteiger partial charge in [0.1, 0.15) is 11.4 Å². The second-order valence-corrected chi connectivity index (χ2v) is 6.56. The number of hydrogen-bond donors (Lipinski definition) is 1. The van der Waals surface area contributed by atoms with Crippen molar-refractivity contribution in [2.75, 3.05) is 45.2 Å². The summed E-state index contributed by atoms with van der Waals surface area (Å²) in [5, 5.41) is 3.85. The molecule has 0 atom stereocenters. The third kappa shape index (κ3) is 4.26. The van der Waals surface area contributed by atoms with Gasteiger partial charge in [-0.15, -0.1) is 0 Å². The molecular formula is C19H23ClN4O2. The van der Waals surface area contributed by atoms with Crippen molar-refractivity contribution in [2.45, 2.75) is 6.92 Å². The summed E-state index contributed by atoms with van der Waals surface area (Å²) in [5.74, 6) is 0.636. The number of piperazine rings is 1. The van der Waals surface area contributed by atoms with Gasteiger partial charge in [-0.3, -0.25) is 9.78 Å². The van der Waals surface area contributed by atoms with Gasteiger partial charge in [0.05, 0.1) is 12.8 Å². The summed E-state index contributed by atoms with van der Waals surface area (Å²) < 4.78 is 5.35. The molecule has 0 bridgehead atoms. The van der Waals surface area contributed by atoms with Gasteiger partial charge in [-0.1, -0.05) is 18.5 Å². The van der Waals surface area contributed by atoms with E-state index < -0.39 is 0 Å². The molecule has 6 nitrogen and oxygen atoms in total. The summed E-state index contributed by atoms with van der Waals surface area (Å²) in [6.07, 6.45) is 1.63. The van der Waals surface area contributed by atoms with E-state index in [9.17, 15) is 4.79 Å². The van der Waals surface area contributed by atoms with Crippen LogP contribution in [0.3, 0.4) is 0 Å². The Morgan fingerprint density at radius 3 is 2.69 bits per heavy atom. The Hall–Kier alpha value is -2.31. The quantitative estimate of drug-likeness (QED) is 0.870. The Balaban J connectivity index is 1.74. The predicted molar refractivity (Wildman–Crippen MR) is 104 cm³/mol. The highest BCUT2D eigenvalue weighted by Gasteiger charge is 2.22. The van der Waals surface area contributed by atoms with Crippen molar-refractivity contribution in [2.24, 2.45) is 0 Å². The Kier molecular flexibility index (Phi) is 5.96. The summed E-state index contributed by atoms with van der Waals surface area (Å²) in [4.78, 5) is 21.2. The average Bonchev–Trinajstić information content (AvgIpc) is 2.68. The van der Waals surface area contributed by atoms with Gasteiger partial charge < -0.3 is 19.9 Å². The van der Waals surface area contributed by atoms with Gasteiger partial charge >= 0.3 is 0 Å². The van der Waals surface area contributed by atoms with Gasteiger partial charge in [0, 0.05) is 43.1 Å². The van der Waals surface area contributed by atoms with Gasteiger partial charge in [0.15, 0.2) is 0 Å². The Morgan fingerprint density at radius 1 is 1.23 bits per heavy atom. The molecule has 0 radical (unpaired) electrons. The molecule has 1 N–H and O–H groups in total. The molecule has 1 aliphatic rings. The minimum atomic E-state index is -0.0394. The summed E-state index contributed by atoms with van der Waals surface area (Å²) in [6, 6.07) is 8.92. The van der Waals surface area contributed by atoms with Crippen molar-refractivity contribution in [1.29, 1.82) is 0 Å². The van der Waals surface area contributed by atoms with Crippen molar-refractivity contribution in [3.63, 3.8) is 0 Å². The van der Waals surface area contributed by atoms with Crippen molar-refractivity contribution in [3.8, 4) is 5.75 Å². The van der Waals surface area contributed by atoms with Gasteiger partial charge in [0.25, 0.3) is 5.91 Å². The largest absolute Gasteiger partial charge is 0.495 e. The first-order valence-corrected chi connectivity index (χ1v) is 9.06. The van der Waals surface area contributed by atoms with E-state index in [2.05, 4.69) is 22.1 Å². The number of nitrogens with one attached hydrogen (secondary N) is 1. The lowest BCUT2D eigenvalue weighted by Crippen LogP contribution is -2.48. The SMILES string of the molecule is CCN1CCN(C(=O)c2cc(Nc3cc(Cl)ccc3OC)ccn2)CC1. The van der Waals surface area contributed by atoms with Crippen LogP contribution in [-0.4, -0.2) is 60.5 Å². The number of amides is 1. The maximum Gasteiger partial charge on any atom is 0.272 e. The molecule has 1 aliphatic heterocycles. The van der Waals surface area contributed by atoms with Crippen molar-refractivity contribution >= 4 is 28.9 Å². The smallest absolute Gasteiger partial charge is 0.272 e. The van der Waals surface area contributed by atoms with Gasteiger partial charge in [-0.2, -0.15) is 0 Å². The van der Waals surface area contributed by atoms with E-state index in [4.69, 9.17) is 16.3 Å². The number of anilines is 2. The maximum absolute atomic E-state index is 12.7. The number of pyridine rings is 1. The van der Waals surface area contributed by atoms with Crippen LogP contribution in [0.25, 0.3) is 0 Å². The number of benzene rings is 1. The van der Waals surface area contributed by atoms with Crippen LogP contribution in [0.2, 0.25) is 5.02 Å². The number of methoxy groups -OCH3 is 1. The Labute approximate surface area is 158 Å². The number of likely N-dealkylation sites (N-methyl/N-ethyl adjacent to an activating group) is 1. The summed E-state index contributed by atoms with van der Waals surface area (Å²) in [7, 11) is 1.60. The van der Waals surface area contributed by atoms with Gasteiger partial charge in [-0.25, -0.2) is 0 Å². The number of carbonyl (C=O) groups excluding carboxylic acids is 1. The van der Waals surface area contributed by atoms with E-state index in [0.29, 0.717) is 16.5 Å². The first-order valence-electron chi connectivity index (χ1n) is 8.69. The second kappa shape index (κ2) is 8.38. The summed E-state index contributed by atoms with van der Waals surface area (Å²) >= 11 is 6.07. The van der Waals surface area contributed by atoms with Crippen LogP contribution >= 0.6 is 11.6 Å². The van der Waals surface area contributed by atoms with E-state index in [1.807, 2.05) is 11.0 Å². The first kappa shape index (κ1) is 18.5. The lowest BCUT2D eigenvalue weighted by Gasteiger charge is -2.33. The highest BCUT2D eigenvalue weighted by Crippen LogP contribution is 2.30. The molecule has 26 heavy (non-hydrogen) atoms. The highest BCUT2D eigenvalue weighted by atomic mass is 35.5. The number of ether oxygens (including phenoxy) is 1. The topological polar surface area (TPSA) is 57.7 Å². The fraction of sp³-hybridized carbons (Fsp3) is 0.368. The first-order chi connectivity index (χ1) is 12.6. The second-order valence-electron chi connectivity index (χ2n) is 6.13. The van der Waals surface area contributed by atoms with Gasteiger partial charge in [0.2, 0.25) is 0 Å². The molecule has 3 rings (SSSR count). The van der Waals surface area contributed by atoms with Crippen LogP contribution in [0, 0.1) is 0 Å². The average molecular weight is 375 g/mol. The molecule has 0 unspecified atom stereocenters. The normalized spacial score (nSPS) is 15.0. The third-order valence-electron chi connectivity index (χ3n) is 4.53. The standard InChI is InChI=1S/C19H23ClN4O2/c1-3-23-8-10-24(11-9-23)19(25)17-13-15(6-7-21-17)22-16-12-14(20)4-5-18(16)26-2/h4-7,12-13H,3,8-11H2,1-2H3,(H,21,22). The number of aromatic nitrogens is 1. The van der Waals surface area contributed by atoms with Crippen molar-refractivity contribution in [3.05, 3.63) is 47.2 Å². The van der Waals surface area contributed by atoms with Crippen LogP contribution in [-0.2, 0) is 0 Å². The molecule has 0 saturated carbocycles.